The third kappa shape index (κ3) is 2.87. The van der Waals surface area contributed by atoms with E-state index >= 15 is 0 Å². The summed E-state index contributed by atoms with van der Waals surface area (Å²) in [7, 11) is -2.27. The molecule has 3 aromatic rings. The summed E-state index contributed by atoms with van der Waals surface area (Å²) in [6.07, 6.45) is 1.26. The number of nitrogens with zero attached hydrogens (tertiary/aromatic N) is 1. The van der Waals surface area contributed by atoms with Crippen LogP contribution in [-0.2, 0) is 9.84 Å². The molecule has 118 valence electrons. The van der Waals surface area contributed by atoms with Gasteiger partial charge in [0.05, 0.1) is 22.5 Å². The number of pyridine rings is 1. The van der Waals surface area contributed by atoms with Gasteiger partial charge in [0.25, 0.3) is 0 Å². The molecule has 0 unspecified atom stereocenters. The van der Waals surface area contributed by atoms with Crippen LogP contribution < -0.4 is 4.74 Å². The van der Waals surface area contributed by atoms with Gasteiger partial charge in [0.1, 0.15) is 10.6 Å². The van der Waals surface area contributed by atoms with E-state index in [1.165, 1.54) is 37.6 Å². The molecule has 0 saturated heterocycles. The minimum absolute atomic E-state index is 0.0535. The van der Waals surface area contributed by atoms with E-state index in [1.807, 2.05) is 0 Å². The Morgan fingerprint density at radius 3 is 2.39 bits per heavy atom. The largest absolute Gasteiger partial charge is 0.497 e. The molecule has 0 saturated carbocycles. The number of rotatable bonds is 3. The molecule has 23 heavy (non-hydrogen) atoms. The van der Waals surface area contributed by atoms with Crippen molar-refractivity contribution in [2.75, 3.05) is 7.11 Å². The summed E-state index contributed by atoms with van der Waals surface area (Å²) >= 11 is 12.1. The van der Waals surface area contributed by atoms with E-state index in [0.717, 1.165) is 0 Å². The lowest BCUT2D eigenvalue weighted by Gasteiger charge is -2.09. The lowest BCUT2D eigenvalue weighted by atomic mass is 10.2. The third-order valence-corrected chi connectivity index (χ3v) is 5.94. The molecule has 0 aliphatic carbocycles. The van der Waals surface area contributed by atoms with Crippen LogP contribution in [0.4, 0.5) is 0 Å². The molecule has 4 nitrogen and oxygen atoms in total. The van der Waals surface area contributed by atoms with Crippen molar-refractivity contribution in [1.29, 1.82) is 0 Å². The number of fused-ring (bicyclic) bond motifs is 1. The molecule has 7 heteroatoms. The maximum absolute atomic E-state index is 12.8. The monoisotopic (exact) mass is 367 g/mol. The minimum Gasteiger partial charge on any atom is -0.497 e. The van der Waals surface area contributed by atoms with Gasteiger partial charge in [-0.2, -0.15) is 0 Å². The Bertz CT molecular complexity index is 986. The van der Waals surface area contributed by atoms with Crippen molar-refractivity contribution < 1.29 is 13.2 Å². The second-order valence-corrected chi connectivity index (χ2v) is 7.51. The topological polar surface area (TPSA) is 56.3 Å². The molecule has 1 heterocycles. The number of halogens is 2. The highest BCUT2D eigenvalue weighted by Crippen LogP contribution is 2.34. The summed E-state index contributed by atoms with van der Waals surface area (Å²) in [5.74, 6) is 0.572. The number of sulfone groups is 1. The van der Waals surface area contributed by atoms with Crippen LogP contribution in [-0.4, -0.2) is 20.5 Å². The molecule has 3 rings (SSSR count). The zero-order valence-electron chi connectivity index (χ0n) is 12.0. The quantitative estimate of drug-likeness (QED) is 0.688. The summed E-state index contributed by atoms with van der Waals surface area (Å²) in [5, 5.41) is 1.08. The van der Waals surface area contributed by atoms with Crippen molar-refractivity contribution in [2.45, 2.75) is 9.79 Å². The maximum Gasteiger partial charge on any atom is 0.209 e. The van der Waals surface area contributed by atoms with Crippen LogP contribution in [0.3, 0.4) is 0 Å². The fourth-order valence-electron chi connectivity index (χ4n) is 2.18. The first kappa shape index (κ1) is 16.1. The molecule has 0 radical (unpaired) electrons. The van der Waals surface area contributed by atoms with Crippen LogP contribution in [0.2, 0.25) is 10.0 Å². The van der Waals surface area contributed by atoms with E-state index in [0.29, 0.717) is 21.7 Å². The number of hydrogen-bond acceptors (Lipinski definition) is 4. The predicted molar refractivity (Wildman–Crippen MR) is 90.2 cm³/mol. The summed E-state index contributed by atoms with van der Waals surface area (Å²) < 4.78 is 30.7. The molecule has 0 spiro atoms. The molecule has 0 atom stereocenters. The summed E-state index contributed by atoms with van der Waals surface area (Å²) in [6, 6.07) is 11.0. The van der Waals surface area contributed by atoms with Crippen molar-refractivity contribution >= 4 is 43.9 Å². The van der Waals surface area contributed by atoms with Crippen LogP contribution in [0, 0.1) is 0 Å². The highest BCUT2D eigenvalue weighted by Gasteiger charge is 2.23. The number of aromatic nitrogens is 1. The Balaban J connectivity index is 2.23. The first-order valence-electron chi connectivity index (χ1n) is 6.56. The Kier molecular flexibility index (Phi) is 4.19. The predicted octanol–water partition coefficient (Wildman–Crippen LogP) is 4.38. The molecule has 1 aromatic heterocycles. The molecule has 0 amide bonds. The van der Waals surface area contributed by atoms with Gasteiger partial charge in [-0.05, 0) is 42.5 Å². The van der Waals surface area contributed by atoms with Crippen LogP contribution >= 0.6 is 23.2 Å². The van der Waals surface area contributed by atoms with Crippen molar-refractivity contribution in [3.63, 3.8) is 0 Å². The van der Waals surface area contributed by atoms with E-state index < -0.39 is 9.84 Å². The molecule has 0 N–H and O–H groups in total. The second kappa shape index (κ2) is 6.00. The van der Waals surface area contributed by atoms with Crippen LogP contribution in [0.1, 0.15) is 0 Å². The summed E-state index contributed by atoms with van der Waals surface area (Å²) in [4.78, 5) is 4.23. The standard InChI is InChI=1S/C16H11Cl2NO3S/c1-22-11-4-7-14-13(8-11)16(18)15(9-19-14)23(20,21)12-5-2-10(17)3-6-12/h2-9H,1H3. The van der Waals surface area contributed by atoms with E-state index in [1.54, 1.807) is 18.2 Å². The van der Waals surface area contributed by atoms with E-state index in [4.69, 9.17) is 27.9 Å². The molecule has 0 fully saturated rings. The number of ether oxygens (including phenoxy) is 1. The Labute approximate surface area is 143 Å². The van der Waals surface area contributed by atoms with Gasteiger partial charge >= 0.3 is 0 Å². The Morgan fingerprint density at radius 2 is 1.74 bits per heavy atom. The van der Waals surface area contributed by atoms with E-state index in [2.05, 4.69) is 4.98 Å². The molecule has 0 aliphatic rings. The van der Waals surface area contributed by atoms with Crippen molar-refractivity contribution in [3.05, 3.63) is 58.7 Å². The number of benzene rings is 2. The smallest absolute Gasteiger partial charge is 0.209 e. The average Bonchev–Trinajstić information content (AvgIpc) is 2.55. The average molecular weight is 368 g/mol. The van der Waals surface area contributed by atoms with Crippen molar-refractivity contribution in [1.82, 2.24) is 4.98 Å². The second-order valence-electron chi connectivity index (χ2n) is 4.78. The zero-order chi connectivity index (χ0) is 16.6. The molecule has 0 aliphatic heterocycles. The van der Waals surface area contributed by atoms with Gasteiger partial charge in [-0.25, -0.2) is 8.42 Å². The van der Waals surface area contributed by atoms with Gasteiger partial charge < -0.3 is 4.74 Å². The fraction of sp³-hybridized carbons (Fsp3) is 0.0625. The fourth-order valence-corrected chi connectivity index (χ4v) is 4.09. The van der Waals surface area contributed by atoms with Crippen molar-refractivity contribution in [2.24, 2.45) is 0 Å². The van der Waals surface area contributed by atoms with Gasteiger partial charge in [-0.15, -0.1) is 0 Å². The van der Waals surface area contributed by atoms with Gasteiger partial charge in [-0.3, -0.25) is 4.98 Å². The molecule has 0 bridgehead atoms. The first-order chi connectivity index (χ1) is 10.9. The van der Waals surface area contributed by atoms with Crippen LogP contribution in [0.5, 0.6) is 5.75 Å². The number of methoxy groups -OCH3 is 1. The maximum atomic E-state index is 12.8. The normalized spacial score (nSPS) is 11.6. The van der Waals surface area contributed by atoms with Gasteiger partial charge in [0.2, 0.25) is 9.84 Å². The van der Waals surface area contributed by atoms with Crippen molar-refractivity contribution in [3.8, 4) is 5.75 Å². The van der Waals surface area contributed by atoms with E-state index in [9.17, 15) is 8.42 Å². The molecular formula is C16H11Cl2NO3S. The molecular weight excluding hydrogens is 357 g/mol. The summed E-state index contributed by atoms with van der Waals surface area (Å²) in [5.41, 5.74) is 0.589. The minimum atomic E-state index is -3.79. The zero-order valence-corrected chi connectivity index (χ0v) is 14.3. The van der Waals surface area contributed by atoms with Crippen LogP contribution in [0.15, 0.2) is 58.5 Å². The highest BCUT2D eigenvalue weighted by atomic mass is 35.5. The third-order valence-electron chi connectivity index (χ3n) is 3.39. The lowest BCUT2D eigenvalue weighted by Crippen LogP contribution is -2.04. The van der Waals surface area contributed by atoms with E-state index in [-0.39, 0.29) is 14.8 Å². The first-order valence-corrected chi connectivity index (χ1v) is 8.80. The lowest BCUT2D eigenvalue weighted by molar-refractivity contribution is 0.415. The Hall–Kier alpha value is -1.82. The van der Waals surface area contributed by atoms with Gasteiger partial charge in [-0.1, -0.05) is 23.2 Å². The highest BCUT2D eigenvalue weighted by molar-refractivity contribution is 7.91. The van der Waals surface area contributed by atoms with Crippen LogP contribution in [0.25, 0.3) is 10.9 Å². The molecule has 2 aromatic carbocycles. The summed E-state index contributed by atoms with van der Waals surface area (Å²) in [6.45, 7) is 0. The number of hydrogen-bond donors (Lipinski definition) is 0. The van der Waals surface area contributed by atoms with Gasteiger partial charge in [0, 0.05) is 16.6 Å². The van der Waals surface area contributed by atoms with Gasteiger partial charge in [0.15, 0.2) is 0 Å². The Morgan fingerprint density at radius 1 is 1.04 bits per heavy atom. The SMILES string of the molecule is COc1ccc2ncc(S(=O)(=O)c3ccc(Cl)cc3)c(Cl)c2c1.